The first-order valence-corrected chi connectivity index (χ1v) is 10.4. The van der Waals surface area contributed by atoms with Crippen LogP contribution in [0.2, 0.25) is 0 Å². The van der Waals surface area contributed by atoms with E-state index in [1.807, 2.05) is 61.5 Å². The molecule has 25 heavy (non-hydrogen) atoms. The van der Waals surface area contributed by atoms with Crippen LogP contribution in [0.3, 0.4) is 0 Å². The molecule has 0 unspecified atom stereocenters. The van der Waals surface area contributed by atoms with Crippen LogP contribution < -0.4 is 0 Å². The van der Waals surface area contributed by atoms with Crippen LogP contribution in [0.25, 0.3) is 14.7 Å². The van der Waals surface area contributed by atoms with E-state index in [-0.39, 0.29) is 0 Å². The Bertz CT molecular complexity index is 1010. The molecule has 0 amide bonds. The van der Waals surface area contributed by atoms with Crippen LogP contribution in [0.15, 0.2) is 89.2 Å². The van der Waals surface area contributed by atoms with Crippen molar-refractivity contribution in [1.29, 1.82) is 0 Å². The number of halogens is 1. The van der Waals surface area contributed by atoms with Gasteiger partial charge in [-0.25, -0.2) is 8.42 Å². The molecule has 2 nitrogen and oxygen atoms in total. The molecule has 3 rings (SSSR count). The van der Waals surface area contributed by atoms with Crippen molar-refractivity contribution in [3.05, 3.63) is 95.4 Å². The van der Waals surface area contributed by atoms with Crippen molar-refractivity contribution in [2.45, 2.75) is 11.8 Å². The second-order valence-electron chi connectivity index (χ2n) is 5.72. The van der Waals surface area contributed by atoms with E-state index in [4.69, 9.17) is 0 Å². The predicted molar refractivity (Wildman–Crippen MR) is 112 cm³/mol. The summed E-state index contributed by atoms with van der Waals surface area (Å²) >= 11 is 2.08. The van der Waals surface area contributed by atoms with E-state index < -0.39 is 9.84 Å². The summed E-state index contributed by atoms with van der Waals surface area (Å²) in [4.78, 5) is 0.352. The zero-order valence-electron chi connectivity index (χ0n) is 13.7. The SMILES string of the molecule is Cc1ccccc1S(=O)(=O)C=C(I)c1ccc(-c2ccccc2)cc1. The van der Waals surface area contributed by atoms with Gasteiger partial charge >= 0.3 is 0 Å². The fourth-order valence-corrected chi connectivity index (χ4v) is 5.28. The lowest BCUT2D eigenvalue weighted by Crippen LogP contribution is -1.99. The topological polar surface area (TPSA) is 34.1 Å². The van der Waals surface area contributed by atoms with Crippen LogP contribution in [-0.4, -0.2) is 8.42 Å². The maximum Gasteiger partial charge on any atom is 0.201 e. The van der Waals surface area contributed by atoms with E-state index >= 15 is 0 Å². The summed E-state index contributed by atoms with van der Waals surface area (Å²) in [5.74, 6) is 0. The van der Waals surface area contributed by atoms with Crippen molar-refractivity contribution in [3.8, 4) is 11.1 Å². The molecule has 0 saturated carbocycles. The van der Waals surface area contributed by atoms with Crippen molar-refractivity contribution in [2.75, 3.05) is 0 Å². The molecule has 0 spiro atoms. The lowest BCUT2D eigenvalue weighted by atomic mass is 10.0. The fourth-order valence-electron chi connectivity index (χ4n) is 2.60. The summed E-state index contributed by atoms with van der Waals surface area (Å²) in [6, 6.07) is 25.1. The maximum absolute atomic E-state index is 12.6. The van der Waals surface area contributed by atoms with Crippen LogP contribution in [0.4, 0.5) is 0 Å². The molecule has 0 saturated heterocycles. The maximum atomic E-state index is 12.6. The summed E-state index contributed by atoms with van der Waals surface area (Å²) in [6.45, 7) is 1.81. The lowest BCUT2D eigenvalue weighted by Gasteiger charge is -2.06. The first-order valence-electron chi connectivity index (χ1n) is 7.81. The highest BCUT2D eigenvalue weighted by Crippen LogP contribution is 2.28. The molecule has 0 bridgehead atoms. The van der Waals surface area contributed by atoms with Gasteiger partial charge < -0.3 is 0 Å². The normalized spacial score (nSPS) is 12.2. The van der Waals surface area contributed by atoms with Gasteiger partial charge in [0.05, 0.1) is 4.90 Å². The third-order valence-corrected chi connectivity index (χ3v) is 6.90. The van der Waals surface area contributed by atoms with Crippen molar-refractivity contribution in [2.24, 2.45) is 0 Å². The number of hydrogen-bond donors (Lipinski definition) is 0. The first-order chi connectivity index (χ1) is 12.0. The fraction of sp³-hybridized carbons (Fsp3) is 0.0476. The summed E-state index contributed by atoms with van der Waals surface area (Å²) in [5, 5.41) is 1.34. The quantitative estimate of drug-likeness (QED) is 0.457. The molecule has 0 heterocycles. The van der Waals surface area contributed by atoms with E-state index in [0.29, 0.717) is 8.48 Å². The summed E-state index contributed by atoms with van der Waals surface area (Å²) in [7, 11) is -3.47. The molecule has 0 fully saturated rings. The van der Waals surface area contributed by atoms with E-state index in [1.54, 1.807) is 12.1 Å². The second kappa shape index (κ2) is 7.54. The minimum absolute atomic E-state index is 0.352. The second-order valence-corrected chi connectivity index (χ2v) is 8.65. The van der Waals surface area contributed by atoms with E-state index in [9.17, 15) is 8.42 Å². The van der Waals surface area contributed by atoms with Gasteiger partial charge in [-0.15, -0.1) is 0 Å². The van der Waals surface area contributed by atoms with Crippen molar-refractivity contribution in [3.63, 3.8) is 0 Å². The van der Waals surface area contributed by atoms with E-state index in [0.717, 1.165) is 22.3 Å². The number of benzene rings is 3. The molecule has 4 heteroatoms. The third kappa shape index (κ3) is 4.19. The Kier molecular flexibility index (Phi) is 5.39. The third-order valence-electron chi connectivity index (χ3n) is 3.93. The van der Waals surface area contributed by atoms with Gasteiger partial charge in [0.2, 0.25) is 9.84 Å². The molecule has 3 aromatic rings. The van der Waals surface area contributed by atoms with Gasteiger partial charge in [-0.1, -0.05) is 72.8 Å². The van der Waals surface area contributed by atoms with Crippen molar-refractivity contribution in [1.82, 2.24) is 0 Å². The Morgan fingerprint density at radius 2 is 1.36 bits per heavy atom. The molecule has 0 aliphatic carbocycles. The molecule has 0 aliphatic heterocycles. The van der Waals surface area contributed by atoms with Gasteiger partial charge in [-0.05, 0) is 57.8 Å². The van der Waals surface area contributed by atoms with Crippen LogP contribution >= 0.6 is 22.6 Å². The van der Waals surface area contributed by atoms with Gasteiger partial charge in [0.15, 0.2) is 0 Å². The Morgan fingerprint density at radius 3 is 2.00 bits per heavy atom. The molecule has 0 aromatic heterocycles. The van der Waals surface area contributed by atoms with Gasteiger partial charge in [-0.2, -0.15) is 0 Å². The molecular weight excluding hydrogens is 443 g/mol. The van der Waals surface area contributed by atoms with E-state index in [1.165, 1.54) is 5.41 Å². The number of hydrogen-bond acceptors (Lipinski definition) is 2. The van der Waals surface area contributed by atoms with E-state index in [2.05, 4.69) is 34.7 Å². The average Bonchev–Trinajstić information content (AvgIpc) is 2.62. The predicted octanol–water partition coefficient (Wildman–Crippen LogP) is 5.87. The van der Waals surface area contributed by atoms with Crippen molar-refractivity contribution >= 4 is 36.0 Å². The highest BCUT2D eigenvalue weighted by molar-refractivity contribution is 14.1. The monoisotopic (exact) mass is 460 g/mol. The highest BCUT2D eigenvalue weighted by atomic mass is 127. The molecule has 126 valence electrons. The molecule has 0 atom stereocenters. The Hall–Kier alpha value is -1.92. The zero-order valence-corrected chi connectivity index (χ0v) is 16.7. The van der Waals surface area contributed by atoms with Gasteiger partial charge in [0.1, 0.15) is 0 Å². The van der Waals surface area contributed by atoms with Gasteiger partial charge in [-0.3, -0.25) is 0 Å². The van der Waals surface area contributed by atoms with Gasteiger partial charge in [0.25, 0.3) is 0 Å². The van der Waals surface area contributed by atoms with Crippen LogP contribution in [0.1, 0.15) is 11.1 Å². The summed E-state index contributed by atoms with van der Waals surface area (Å²) in [6.07, 6.45) is 0. The smallest absolute Gasteiger partial charge is 0.201 e. The minimum atomic E-state index is -3.47. The number of sulfone groups is 1. The molecule has 3 aromatic carbocycles. The molecular formula is C21H17IO2S. The summed E-state index contributed by atoms with van der Waals surface area (Å²) < 4.78 is 26.0. The Morgan fingerprint density at radius 1 is 0.800 bits per heavy atom. The van der Waals surface area contributed by atoms with Crippen LogP contribution in [-0.2, 0) is 9.84 Å². The minimum Gasteiger partial charge on any atom is -0.219 e. The highest BCUT2D eigenvalue weighted by Gasteiger charge is 2.15. The van der Waals surface area contributed by atoms with Crippen molar-refractivity contribution < 1.29 is 8.42 Å². The standard InChI is InChI=1S/C21H17IO2S/c1-16-7-5-6-10-21(16)25(23,24)15-20(22)19-13-11-18(12-14-19)17-8-3-2-4-9-17/h2-15H,1H3. The first kappa shape index (κ1) is 17.9. The number of rotatable bonds is 4. The zero-order chi connectivity index (χ0) is 17.9. The lowest BCUT2D eigenvalue weighted by molar-refractivity contribution is 0.604. The Labute approximate surface area is 162 Å². The van der Waals surface area contributed by atoms with Crippen LogP contribution in [0, 0.1) is 6.92 Å². The largest absolute Gasteiger partial charge is 0.219 e. The number of aryl methyl sites for hydroxylation is 1. The molecule has 0 N–H and O–H groups in total. The summed E-state index contributed by atoms with van der Waals surface area (Å²) in [5.41, 5.74) is 3.88. The molecule has 0 aliphatic rings. The average molecular weight is 460 g/mol. The Balaban J connectivity index is 1.91. The van der Waals surface area contributed by atoms with Crippen LogP contribution in [0.5, 0.6) is 0 Å². The molecule has 0 radical (unpaired) electrons. The van der Waals surface area contributed by atoms with Gasteiger partial charge in [0, 0.05) is 8.99 Å².